The van der Waals surface area contributed by atoms with E-state index in [0.29, 0.717) is 12.8 Å². The fraction of sp³-hybridized carbons (Fsp3) is 0.654. The van der Waals surface area contributed by atoms with Gasteiger partial charge in [0.15, 0.2) is 6.29 Å². The molecule has 7 nitrogen and oxygen atoms in total. The predicted molar refractivity (Wildman–Crippen MR) is 135 cm³/mol. The highest BCUT2D eigenvalue weighted by molar-refractivity contribution is 5.74. The predicted octanol–water partition coefficient (Wildman–Crippen LogP) is 5.11. The second kappa shape index (κ2) is 40.1. The highest BCUT2D eigenvalue weighted by atomic mass is 16.5. The number of hydrogen-bond donors (Lipinski definition) is 2. The van der Waals surface area contributed by atoms with Crippen molar-refractivity contribution in [3.8, 4) is 0 Å². The zero-order valence-electron chi connectivity index (χ0n) is 21.6. The SMILES string of the molecule is CC=O.CCC(C)=O.CCCC(O)(O)C=O.CCCC=CC=O.CCCCCCC=CC=O. The molecular formula is C26H48O7. The number of Topliss-reactive ketones (excluding diaryl/α,β-unsaturated/α-hetero) is 1. The van der Waals surface area contributed by atoms with Crippen molar-refractivity contribution in [2.75, 3.05) is 0 Å². The lowest BCUT2D eigenvalue weighted by atomic mass is 10.1. The van der Waals surface area contributed by atoms with E-state index in [0.717, 1.165) is 38.1 Å². The van der Waals surface area contributed by atoms with Crippen LogP contribution in [-0.2, 0) is 24.0 Å². The van der Waals surface area contributed by atoms with E-state index in [1.807, 2.05) is 19.1 Å². The molecule has 0 radical (unpaired) electrons. The molecule has 7 heteroatoms. The van der Waals surface area contributed by atoms with Crippen LogP contribution in [-0.4, -0.2) is 46.9 Å². The fourth-order valence-electron chi connectivity index (χ4n) is 1.59. The number of ketones is 1. The summed E-state index contributed by atoms with van der Waals surface area (Å²) in [5, 5.41) is 17.0. The van der Waals surface area contributed by atoms with Crippen LogP contribution < -0.4 is 0 Å². The van der Waals surface area contributed by atoms with Crippen molar-refractivity contribution in [3.63, 3.8) is 0 Å². The Kier molecular flexibility index (Phi) is 49.9. The van der Waals surface area contributed by atoms with Gasteiger partial charge in [0.2, 0.25) is 5.79 Å². The minimum absolute atomic E-state index is 0.108. The highest BCUT2D eigenvalue weighted by Crippen LogP contribution is 2.03. The Morgan fingerprint density at radius 2 is 1.21 bits per heavy atom. The molecule has 0 aliphatic rings. The molecule has 0 amide bonds. The summed E-state index contributed by atoms with van der Waals surface area (Å²) in [7, 11) is 0. The first-order valence-electron chi connectivity index (χ1n) is 11.6. The summed E-state index contributed by atoms with van der Waals surface area (Å²) in [6.07, 6.45) is 19.1. The van der Waals surface area contributed by atoms with Gasteiger partial charge in [-0.25, -0.2) is 0 Å². The molecule has 0 rings (SSSR count). The molecule has 0 spiro atoms. The van der Waals surface area contributed by atoms with Crippen LogP contribution in [0.2, 0.25) is 0 Å². The number of unbranched alkanes of at least 4 members (excludes halogenated alkanes) is 5. The molecule has 0 aliphatic heterocycles. The Hall–Kier alpha value is -2.25. The van der Waals surface area contributed by atoms with Gasteiger partial charge in [0.1, 0.15) is 24.6 Å². The normalized spacial score (nSPS) is 9.58. The molecule has 0 atom stereocenters. The monoisotopic (exact) mass is 472 g/mol. The first-order valence-corrected chi connectivity index (χ1v) is 11.6. The smallest absolute Gasteiger partial charge is 0.220 e. The first-order chi connectivity index (χ1) is 15.6. The number of allylic oxidation sites excluding steroid dienone is 4. The topological polar surface area (TPSA) is 126 Å². The Morgan fingerprint density at radius 3 is 1.48 bits per heavy atom. The van der Waals surface area contributed by atoms with Crippen molar-refractivity contribution in [3.05, 3.63) is 24.3 Å². The van der Waals surface area contributed by atoms with Crippen molar-refractivity contribution in [1.82, 2.24) is 0 Å². The third-order valence-corrected chi connectivity index (χ3v) is 3.41. The van der Waals surface area contributed by atoms with Crippen molar-refractivity contribution >= 4 is 30.9 Å². The van der Waals surface area contributed by atoms with Gasteiger partial charge in [-0.3, -0.25) is 14.4 Å². The van der Waals surface area contributed by atoms with Crippen molar-refractivity contribution in [2.45, 2.75) is 112 Å². The van der Waals surface area contributed by atoms with E-state index in [1.165, 1.54) is 38.7 Å². The summed E-state index contributed by atoms with van der Waals surface area (Å²) < 4.78 is 0. The summed E-state index contributed by atoms with van der Waals surface area (Å²) in [5.41, 5.74) is 0. The van der Waals surface area contributed by atoms with Crippen LogP contribution in [0.5, 0.6) is 0 Å². The Balaban J connectivity index is -0.000000104. The molecule has 0 bridgehead atoms. The molecule has 2 N–H and O–H groups in total. The van der Waals surface area contributed by atoms with Gasteiger partial charge in [0, 0.05) is 12.8 Å². The summed E-state index contributed by atoms with van der Waals surface area (Å²) in [6.45, 7) is 10.9. The first kappa shape index (κ1) is 41.0. The van der Waals surface area contributed by atoms with Gasteiger partial charge in [-0.2, -0.15) is 0 Å². The molecular weight excluding hydrogens is 424 g/mol. The van der Waals surface area contributed by atoms with E-state index >= 15 is 0 Å². The third kappa shape index (κ3) is 72.7. The number of aliphatic hydroxyl groups is 2. The van der Waals surface area contributed by atoms with E-state index < -0.39 is 5.79 Å². The minimum atomic E-state index is -2.09. The number of rotatable bonds is 13. The van der Waals surface area contributed by atoms with Crippen LogP contribution >= 0.6 is 0 Å². The lowest BCUT2D eigenvalue weighted by Gasteiger charge is -2.10. The number of carbonyl (C=O) groups excluding carboxylic acids is 5. The molecule has 0 heterocycles. The van der Waals surface area contributed by atoms with Crippen molar-refractivity contribution in [1.29, 1.82) is 0 Å². The maximum atomic E-state index is 9.81. The van der Waals surface area contributed by atoms with Crippen LogP contribution in [0.4, 0.5) is 0 Å². The lowest BCUT2D eigenvalue weighted by molar-refractivity contribution is -0.171. The lowest BCUT2D eigenvalue weighted by Crippen LogP contribution is -2.29. The van der Waals surface area contributed by atoms with E-state index in [9.17, 15) is 19.2 Å². The van der Waals surface area contributed by atoms with Crippen molar-refractivity contribution < 1.29 is 34.2 Å². The maximum absolute atomic E-state index is 9.81. The molecule has 0 saturated heterocycles. The quantitative estimate of drug-likeness (QED) is 0.165. The van der Waals surface area contributed by atoms with Gasteiger partial charge in [0.05, 0.1) is 0 Å². The molecule has 33 heavy (non-hydrogen) atoms. The summed E-state index contributed by atoms with van der Waals surface area (Å²) in [6, 6.07) is 0. The molecule has 194 valence electrons. The molecule has 0 fully saturated rings. The number of hydrogen-bond acceptors (Lipinski definition) is 7. The van der Waals surface area contributed by atoms with Crippen LogP contribution in [0.3, 0.4) is 0 Å². The summed E-state index contributed by atoms with van der Waals surface area (Å²) >= 11 is 0. The average molecular weight is 473 g/mol. The standard InChI is InChI=1S/C9H16O.C6H10O.C5H10O3.C4H8O.C2H4O/c1-2-3-4-5-6-7-8-9-10;1-2-3-4-5-6-7;1-2-3-5(7,8)4-6;1-3-4(2)5;1-2-3/h7-9H,2-6H2,1H3;4-6H,2-3H2,1H3;4,7-8H,2-3H2,1H3;3H2,1-2H3;2H,1H3. The number of aldehydes is 4. The summed E-state index contributed by atoms with van der Waals surface area (Å²) in [4.78, 5) is 47.7. The molecule has 0 aromatic carbocycles. The fourth-order valence-corrected chi connectivity index (χ4v) is 1.59. The molecule has 0 aromatic rings. The van der Waals surface area contributed by atoms with Gasteiger partial charge < -0.3 is 19.8 Å². The third-order valence-electron chi connectivity index (χ3n) is 3.41. The molecule has 0 aliphatic carbocycles. The van der Waals surface area contributed by atoms with Crippen LogP contribution in [0.25, 0.3) is 0 Å². The molecule has 0 unspecified atom stereocenters. The number of carbonyl (C=O) groups is 5. The second-order valence-corrected chi connectivity index (χ2v) is 6.80. The maximum Gasteiger partial charge on any atom is 0.220 e. The van der Waals surface area contributed by atoms with Gasteiger partial charge in [-0.05, 0) is 45.3 Å². The van der Waals surface area contributed by atoms with Crippen LogP contribution in [0.15, 0.2) is 24.3 Å². The Bertz CT molecular complexity index is 481. The van der Waals surface area contributed by atoms with Gasteiger partial charge in [0.25, 0.3) is 0 Å². The van der Waals surface area contributed by atoms with Crippen LogP contribution in [0, 0.1) is 0 Å². The molecule has 0 aromatic heterocycles. The van der Waals surface area contributed by atoms with E-state index in [1.54, 1.807) is 19.9 Å². The van der Waals surface area contributed by atoms with Gasteiger partial charge in [-0.15, -0.1) is 0 Å². The highest BCUT2D eigenvalue weighted by Gasteiger charge is 2.18. The largest absolute Gasteiger partial charge is 0.360 e. The average Bonchev–Trinajstić information content (AvgIpc) is 2.78. The van der Waals surface area contributed by atoms with E-state index in [2.05, 4.69) is 13.8 Å². The Labute approximate surface area is 201 Å². The minimum Gasteiger partial charge on any atom is -0.360 e. The zero-order valence-corrected chi connectivity index (χ0v) is 21.6. The van der Waals surface area contributed by atoms with E-state index in [4.69, 9.17) is 15.0 Å². The van der Waals surface area contributed by atoms with Crippen LogP contribution in [0.1, 0.15) is 106 Å². The van der Waals surface area contributed by atoms with Gasteiger partial charge in [-0.1, -0.05) is 72.0 Å². The Morgan fingerprint density at radius 1 is 0.758 bits per heavy atom. The second-order valence-electron chi connectivity index (χ2n) is 6.80. The summed E-state index contributed by atoms with van der Waals surface area (Å²) in [5.74, 6) is -1.83. The zero-order chi connectivity index (χ0) is 26.8. The molecule has 0 saturated carbocycles. The van der Waals surface area contributed by atoms with Gasteiger partial charge >= 0.3 is 0 Å². The van der Waals surface area contributed by atoms with Crippen molar-refractivity contribution in [2.24, 2.45) is 0 Å². The van der Waals surface area contributed by atoms with E-state index in [-0.39, 0.29) is 18.5 Å².